The van der Waals surface area contributed by atoms with Gasteiger partial charge in [0, 0.05) is 24.6 Å². The molecule has 1 unspecified atom stereocenters. The van der Waals surface area contributed by atoms with Crippen LogP contribution < -0.4 is 19.5 Å². The van der Waals surface area contributed by atoms with E-state index in [2.05, 4.69) is 5.32 Å². The highest BCUT2D eigenvalue weighted by Crippen LogP contribution is 2.40. The Morgan fingerprint density at radius 2 is 1.70 bits per heavy atom. The molecular weight excluding hydrogens is 384 g/mol. The molecule has 1 saturated heterocycles. The first-order valence-corrected chi connectivity index (χ1v) is 9.54. The molecule has 0 aromatic heterocycles. The number of nitrogens with zero attached hydrogens (tertiary/aromatic N) is 1. The normalized spacial score (nSPS) is 17.7. The number of nitrogens with one attached hydrogen (secondary N) is 1. The first-order chi connectivity index (χ1) is 14.4. The van der Waals surface area contributed by atoms with E-state index >= 15 is 0 Å². The van der Waals surface area contributed by atoms with Crippen LogP contribution in [-0.2, 0) is 16.0 Å². The molecular formula is C23H26N2O5. The van der Waals surface area contributed by atoms with Gasteiger partial charge in [0.2, 0.25) is 5.91 Å². The topological polar surface area (TPSA) is 77.1 Å². The van der Waals surface area contributed by atoms with Crippen molar-refractivity contribution in [2.45, 2.75) is 19.4 Å². The summed E-state index contributed by atoms with van der Waals surface area (Å²) in [6.45, 7) is 1.84. The van der Waals surface area contributed by atoms with Gasteiger partial charge in [0.25, 0.3) is 5.91 Å². The molecule has 0 spiro atoms. The molecule has 0 saturated carbocycles. The predicted molar refractivity (Wildman–Crippen MR) is 114 cm³/mol. The van der Waals surface area contributed by atoms with Crippen LogP contribution in [0.15, 0.2) is 42.1 Å². The molecule has 1 aliphatic rings. The zero-order chi connectivity index (χ0) is 21.8. The van der Waals surface area contributed by atoms with Gasteiger partial charge in [0.15, 0.2) is 11.5 Å². The Labute approximate surface area is 176 Å². The summed E-state index contributed by atoms with van der Waals surface area (Å²) in [4.78, 5) is 27.2. The maximum Gasteiger partial charge on any atom is 0.270 e. The molecule has 7 heteroatoms. The number of carbonyl (C=O) groups is 2. The maximum absolute atomic E-state index is 13.0. The fraction of sp³-hybridized carbons (Fsp3) is 0.304. The quantitative estimate of drug-likeness (QED) is 0.741. The second-order valence-corrected chi connectivity index (χ2v) is 7.03. The third kappa shape index (κ3) is 3.96. The highest BCUT2D eigenvalue weighted by molar-refractivity contribution is 6.07. The maximum atomic E-state index is 13.0. The first-order valence-electron chi connectivity index (χ1n) is 9.54. The van der Waals surface area contributed by atoms with Crippen molar-refractivity contribution in [2.24, 2.45) is 0 Å². The van der Waals surface area contributed by atoms with E-state index in [1.807, 2.05) is 37.3 Å². The van der Waals surface area contributed by atoms with E-state index in [1.165, 1.54) is 12.0 Å². The van der Waals surface area contributed by atoms with Crippen molar-refractivity contribution in [3.63, 3.8) is 0 Å². The molecule has 0 aliphatic carbocycles. The highest BCUT2D eigenvalue weighted by atomic mass is 16.5. The monoisotopic (exact) mass is 410 g/mol. The lowest BCUT2D eigenvalue weighted by atomic mass is 10.0. The van der Waals surface area contributed by atoms with Crippen LogP contribution in [-0.4, -0.2) is 51.1 Å². The summed E-state index contributed by atoms with van der Waals surface area (Å²) < 4.78 is 16.3. The van der Waals surface area contributed by atoms with E-state index < -0.39 is 6.04 Å². The predicted octanol–water partition coefficient (Wildman–Crippen LogP) is 2.56. The molecule has 2 aromatic carbocycles. The third-order valence-electron chi connectivity index (χ3n) is 5.23. The van der Waals surface area contributed by atoms with Gasteiger partial charge in [-0.25, -0.2) is 0 Å². The van der Waals surface area contributed by atoms with Gasteiger partial charge in [-0.1, -0.05) is 30.3 Å². The zero-order valence-corrected chi connectivity index (χ0v) is 17.8. The first kappa shape index (κ1) is 21.2. The number of hydrogen-bond acceptors (Lipinski definition) is 5. The van der Waals surface area contributed by atoms with Gasteiger partial charge in [-0.15, -0.1) is 0 Å². The second-order valence-electron chi connectivity index (χ2n) is 7.03. The van der Waals surface area contributed by atoms with Gasteiger partial charge in [-0.05, 0) is 24.6 Å². The van der Waals surface area contributed by atoms with Gasteiger partial charge in [-0.3, -0.25) is 9.59 Å². The summed E-state index contributed by atoms with van der Waals surface area (Å²) in [7, 11) is 6.27. The van der Waals surface area contributed by atoms with E-state index in [0.29, 0.717) is 29.2 Å². The van der Waals surface area contributed by atoms with Crippen LogP contribution >= 0.6 is 0 Å². The lowest BCUT2D eigenvalue weighted by Crippen LogP contribution is -2.56. The van der Waals surface area contributed by atoms with Gasteiger partial charge in [0.1, 0.15) is 17.5 Å². The van der Waals surface area contributed by atoms with Crippen LogP contribution in [0.5, 0.6) is 17.2 Å². The molecule has 7 nitrogen and oxygen atoms in total. The Bertz CT molecular complexity index is 985. The molecule has 1 heterocycles. The molecule has 158 valence electrons. The molecule has 1 fully saturated rings. The van der Waals surface area contributed by atoms with E-state index in [4.69, 9.17) is 14.2 Å². The van der Waals surface area contributed by atoms with Gasteiger partial charge in [-0.2, -0.15) is 0 Å². The van der Waals surface area contributed by atoms with Crippen LogP contribution in [0.2, 0.25) is 0 Å². The minimum Gasteiger partial charge on any atom is -0.496 e. The molecule has 0 bridgehead atoms. The fourth-order valence-electron chi connectivity index (χ4n) is 3.66. The van der Waals surface area contributed by atoms with Crippen LogP contribution in [0.25, 0.3) is 6.08 Å². The molecule has 3 rings (SSSR count). The fourth-order valence-corrected chi connectivity index (χ4v) is 3.66. The van der Waals surface area contributed by atoms with Crippen molar-refractivity contribution < 1.29 is 23.8 Å². The van der Waals surface area contributed by atoms with Crippen molar-refractivity contribution in [1.29, 1.82) is 0 Å². The van der Waals surface area contributed by atoms with Gasteiger partial charge < -0.3 is 24.4 Å². The number of piperazine rings is 1. The minimum absolute atomic E-state index is 0.178. The van der Waals surface area contributed by atoms with E-state index in [1.54, 1.807) is 33.4 Å². The average molecular weight is 410 g/mol. The number of hydrogen-bond donors (Lipinski definition) is 1. The summed E-state index contributed by atoms with van der Waals surface area (Å²) in [5.74, 6) is 1.09. The van der Waals surface area contributed by atoms with Crippen molar-refractivity contribution in [3.8, 4) is 17.2 Å². The number of methoxy groups -OCH3 is 3. The molecule has 1 N–H and O–H groups in total. The second kappa shape index (κ2) is 8.90. The van der Waals surface area contributed by atoms with Crippen molar-refractivity contribution in [1.82, 2.24) is 10.2 Å². The smallest absolute Gasteiger partial charge is 0.270 e. The standard InChI is InChI=1S/C23H26N2O5/c1-14-20(29-4)16(13-19(28-3)21(14)30-5)12-17-23(27)25(2)18(22(26)24-17)11-15-9-7-6-8-10-15/h6-10,12-13,18H,11H2,1-5H3,(H,24,26)/b17-12-. The Hall–Kier alpha value is -3.48. The molecule has 1 atom stereocenters. The zero-order valence-electron chi connectivity index (χ0n) is 17.8. The highest BCUT2D eigenvalue weighted by Gasteiger charge is 2.35. The van der Waals surface area contributed by atoms with Gasteiger partial charge >= 0.3 is 0 Å². The molecule has 2 aromatic rings. The molecule has 0 radical (unpaired) electrons. The third-order valence-corrected chi connectivity index (χ3v) is 5.23. The van der Waals surface area contributed by atoms with E-state index in [0.717, 1.165) is 11.1 Å². The molecule has 2 amide bonds. The number of rotatable bonds is 6. The van der Waals surface area contributed by atoms with Crippen LogP contribution in [0.1, 0.15) is 16.7 Å². The number of carbonyl (C=O) groups excluding carboxylic acids is 2. The Kier molecular flexibility index (Phi) is 6.30. The summed E-state index contributed by atoms with van der Waals surface area (Å²) in [5, 5.41) is 2.76. The summed E-state index contributed by atoms with van der Waals surface area (Å²) >= 11 is 0. The van der Waals surface area contributed by atoms with Crippen molar-refractivity contribution in [2.75, 3.05) is 28.4 Å². The molecule has 30 heavy (non-hydrogen) atoms. The van der Waals surface area contributed by atoms with Gasteiger partial charge in [0.05, 0.1) is 21.3 Å². The van der Waals surface area contributed by atoms with E-state index in [-0.39, 0.29) is 17.5 Å². The summed E-state index contributed by atoms with van der Waals surface area (Å²) in [6.07, 6.45) is 2.05. The lowest BCUT2D eigenvalue weighted by molar-refractivity contribution is -0.140. The SMILES string of the molecule is COc1cc(/C=C2\NC(=O)C(Cc3ccccc3)N(C)C2=O)c(OC)c(C)c1OC. The largest absolute Gasteiger partial charge is 0.496 e. The Balaban J connectivity index is 1.95. The van der Waals surface area contributed by atoms with E-state index in [9.17, 15) is 9.59 Å². The number of benzene rings is 2. The van der Waals surface area contributed by atoms with Crippen LogP contribution in [0, 0.1) is 6.92 Å². The number of ether oxygens (including phenoxy) is 3. The average Bonchev–Trinajstić information content (AvgIpc) is 2.75. The molecule has 1 aliphatic heterocycles. The Morgan fingerprint density at radius 3 is 2.30 bits per heavy atom. The minimum atomic E-state index is -0.578. The lowest BCUT2D eigenvalue weighted by Gasteiger charge is -2.33. The summed E-state index contributed by atoms with van der Waals surface area (Å²) in [5.41, 5.74) is 2.50. The van der Waals surface area contributed by atoms with Crippen LogP contribution in [0.4, 0.5) is 0 Å². The number of likely N-dealkylation sites (N-methyl/N-ethyl adjacent to an activating group) is 1. The number of amides is 2. The van der Waals surface area contributed by atoms with Crippen LogP contribution in [0.3, 0.4) is 0 Å². The Morgan fingerprint density at radius 1 is 1.03 bits per heavy atom. The summed E-state index contributed by atoms with van der Waals surface area (Å²) in [6, 6.07) is 10.8. The van der Waals surface area contributed by atoms with Crippen molar-refractivity contribution >= 4 is 17.9 Å². The van der Waals surface area contributed by atoms with Crippen molar-refractivity contribution in [3.05, 3.63) is 58.8 Å².